The maximum absolute atomic E-state index is 12.0. The summed E-state index contributed by atoms with van der Waals surface area (Å²) in [7, 11) is 0. The van der Waals surface area contributed by atoms with Crippen LogP contribution in [0.15, 0.2) is 29.4 Å². The van der Waals surface area contributed by atoms with Crippen LogP contribution >= 0.6 is 23.4 Å². The van der Waals surface area contributed by atoms with E-state index < -0.39 is 0 Å². The number of nitrogens with zero attached hydrogens (tertiary/aromatic N) is 3. The van der Waals surface area contributed by atoms with Crippen molar-refractivity contribution in [2.45, 2.75) is 32.3 Å². The quantitative estimate of drug-likeness (QED) is 0.614. The van der Waals surface area contributed by atoms with Crippen LogP contribution in [0.5, 0.6) is 0 Å². The van der Waals surface area contributed by atoms with E-state index in [2.05, 4.69) is 29.2 Å². The number of aryl methyl sites for hydroxylation is 1. The molecule has 0 saturated heterocycles. The predicted molar refractivity (Wildman–Crippen MR) is 100 cm³/mol. The molecule has 0 saturated carbocycles. The minimum Gasteiger partial charge on any atom is -0.321 e. The Balaban J connectivity index is 2.06. The van der Waals surface area contributed by atoms with E-state index in [9.17, 15) is 4.79 Å². The van der Waals surface area contributed by atoms with Crippen LogP contribution in [0.25, 0.3) is 6.08 Å². The van der Waals surface area contributed by atoms with Gasteiger partial charge in [-0.25, -0.2) is 4.98 Å². The first-order chi connectivity index (χ1) is 11.4. The predicted octanol–water partition coefficient (Wildman–Crippen LogP) is 4.27. The highest BCUT2D eigenvalue weighted by Gasteiger charge is 2.12. The van der Waals surface area contributed by atoms with E-state index in [-0.39, 0.29) is 5.91 Å². The van der Waals surface area contributed by atoms with Crippen LogP contribution in [0.1, 0.15) is 25.1 Å². The summed E-state index contributed by atoms with van der Waals surface area (Å²) in [6.45, 7) is 6.83. The summed E-state index contributed by atoms with van der Waals surface area (Å²) >= 11 is 7.91. The second kappa shape index (κ2) is 8.35. The average molecular weight is 365 g/mol. The third kappa shape index (κ3) is 4.85. The third-order valence-corrected chi connectivity index (χ3v) is 4.32. The van der Waals surface area contributed by atoms with E-state index in [1.165, 1.54) is 6.08 Å². The molecule has 128 valence electrons. The Morgan fingerprint density at radius 3 is 2.79 bits per heavy atom. The molecule has 0 atom stereocenters. The van der Waals surface area contributed by atoms with E-state index in [0.29, 0.717) is 16.8 Å². The molecule has 2 aromatic heterocycles. The molecule has 0 radical (unpaired) electrons. The minimum atomic E-state index is -0.235. The van der Waals surface area contributed by atoms with Crippen LogP contribution < -0.4 is 5.32 Å². The number of pyridine rings is 1. The van der Waals surface area contributed by atoms with Gasteiger partial charge in [0.25, 0.3) is 0 Å². The molecule has 24 heavy (non-hydrogen) atoms. The number of carbonyl (C=O) groups is 1. The highest BCUT2D eigenvalue weighted by molar-refractivity contribution is 7.98. The second-order valence-electron chi connectivity index (χ2n) is 5.78. The number of halogens is 1. The fourth-order valence-electron chi connectivity index (χ4n) is 2.14. The molecule has 2 heterocycles. The number of thioether (sulfide) groups is 1. The molecule has 0 spiro atoms. The highest BCUT2D eigenvalue weighted by Crippen LogP contribution is 2.22. The summed E-state index contributed by atoms with van der Waals surface area (Å²) in [4.78, 5) is 16.3. The Bertz CT molecular complexity index is 738. The molecule has 2 aromatic rings. The summed E-state index contributed by atoms with van der Waals surface area (Å²) in [5.41, 5.74) is 2.22. The summed E-state index contributed by atoms with van der Waals surface area (Å²) in [5.74, 6) is 0.208. The first kappa shape index (κ1) is 18.5. The van der Waals surface area contributed by atoms with Gasteiger partial charge >= 0.3 is 0 Å². The normalized spacial score (nSPS) is 11.4. The largest absolute Gasteiger partial charge is 0.321 e. The van der Waals surface area contributed by atoms with Gasteiger partial charge in [-0.05, 0) is 37.3 Å². The Kier molecular flexibility index (Phi) is 6.45. The molecule has 0 aliphatic heterocycles. The topological polar surface area (TPSA) is 59.8 Å². The highest BCUT2D eigenvalue weighted by atomic mass is 35.5. The molecule has 5 nitrogen and oxygen atoms in total. The van der Waals surface area contributed by atoms with Gasteiger partial charge in [-0.3, -0.25) is 9.48 Å². The van der Waals surface area contributed by atoms with Gasteiger partial charge in [0, 0.05) is 18.2 Å². The Morgan fingerprint density at radius 1 is 1.46 bits per heavy atom. The lowest BCUT2D eigenvalue weighted by molar-refractivity contribution is -0.111. The Labute approximate surface area is 151 Å². The summed E-state index contributed by atoms with van der Waals surface area (Å²) in [6, 6.07) is 3.68. The molecule has 1 N–H and O–H groups in total. The summed E-state index contributed by atoms with van der Waals surface area (Å²) in [5, 5.41) is 8.65. The lowest BCUT2D eigenvalue weighted by Crippen LogP contribution is -2.08. The third-order valence-electron chi connectivity index (χ3n) is 3.26. The number of hydrogen-bond donors (Lipinski definition) is 1. The monoisotopic (exact) mass is 364 g/mol. The van der Waals surface area contributed by atoms with E-state index in [4.69, 9.17) is 11.6 Å². The maximum Gasteiger partial charge on any atom is 0.248 e. The van der Waals surface area contributed by atoms with Crippen molar-refractivity contribution in [2.75, 3.05) is 11.6 Å². The fourth-order valence-corrected chi connectivity index (χ4v) is 2.81. The van der Waals surface area contributed by atoms with Gasteiger partial charge < -0.3 is 5.32 Å². The van der Waals surface area contributed by atoms with E-state index in [0.717, 1.165) is 22.8 Å². The van der Waals surface area contributed by atoms with Gasteiger partial charge in [0.05, 0.1) is 22.6 Å². The van der Waals surface area contributed by atoms with Crippen molar-refractivity contribution >= 4 is 41.0 Å². The van der Waals surface area contributed by atoms with Crippen molar-refractivity contribution in [3.8, 4) is 0 Å². The van der Waals surface area contributed by atoms with Crippen molar-refractivity contribution in [3.63, 3.8) is 0 Å². The van der Waals surface area contributed by atoms with Crippen LogP contribution in [0.3, 0.4) is 0 Å². The van der Waals surface area contributed by atoms with E-state index >= 15 is 0 Å². The van der Waals surface area contributed by atoms with Gasteiger partial charge in [0.1, 0.15) is 5.15 Å². The minimum absolute atomic E-state index is 0.235. The number of rotatable bonds is 6. The van der Waals surface area contributed by atoms with Gasteiger partial charge in [0.2, 0.25) is 5.91 Å². The van der Waals surface area contributed by atoms with Crippen LogP contribution in [0, 0.1) is 12.8 Å². The van der Waals surface area contributed by atoms with Gasteiger partial charge in [0.15, 0.2) is 0 Å². The molecule has 0 unspecified atom stereocenters. The SMILES string of the molecule is CSc1ccc(NC(=O)/C=C/c2c(C)nn(CC(C)C)c2Cl)cn1. The maximum atomic E-state index is 12.0. The molecular formula is C17H21ClN4OS. The number of amides is 1. The lowest BCUT2D eigenvalue weighted by Gasteiger charge is -2.05. The average Bonchev–Trinajstić information content (AvgIpc) is 2.79. The molecule has 0 aromatic carbocycles. The standard InChI is InChI=1S/C17H21ClN4OS/c1-11(2)10-22-17(18)14(12(3)21-22)6-7-15(23)20-13-5-8-16(24-4)19-9-13/h5-9,11H,10H2,1-4H3,(H,20,23)/b7-6+. The Hall–Kier alpha value is -1.79. The zero-order chi connectivity index (χ0) is 17.7. The van der Waals surface area contributed by atoms with Crippen LogP contribution in [-0.4, -0.2) is 26.9 Å². The molecular weight excluding hydrogens is 344 g/mol. The Morgan fingerprint density at radius 2 is 2.21 bits per heavy atom. The first-order valence-electron chi connectivity index (χ1n) is 7.62. The zero-order valence-corrected chi connectivity index (χ0v) is 15.8. The van der Waals surface area contributed by atoms with Gasteiger partial charge in [-0.2, -0.15) is 5.10 Å². The van der Waals surface area contributed by atoms with Crippen LogP contribution in [-0.2, 0) is 11.3 Å². The number of anilines is 1. The summed E-state index contributed by atoms with van der Waals surface area (Å²) < 4.78 is 1.77. The van der Waals surface area contributed by atoms with Gasteiger partial charge in [-0.15, -0.1) is 11.8 Å². The molecule has 0 fully saturated rings. The molecule has 2 rings (SSSR count). The fraction of sp³-hybridized carbons (Fsp3) is 0.353. The summed E-state index contributed by atoms with van der Waals surface area (Å²) in [6.07, 6.45) is 6.74. The van der Waals surface area contributed by atoms with E-state index in [1.54, 1.807) is 28.7 Å². The van der Waals surface area contributed by atoms with Crippen molar-refractivity contribution < 1.29 is 4.79 Å². The smallest absolute Gasteiger partial charge is 0.248 e. The number of aromatic nitrogens is 3. The van der Waals surface area contributed by atoms with Crippen molar-refractivity contribution in [1.29, 1.82) is 0 Å². The number of hydrogen-bond acceptors (Lipinski definition) is 4. The molecule has 0 aliphatic carbocycles. The molecule has 1 amide bonds. The van der Waals surface area contributed by atoms with Gasteiger partial charge in [-0.1, -0.05) is 25.4 Å². The molecule has 0 bridgehead atoms. The van der Waals surface area contributed by atoms with Crippen molar-refractivity contribution in [1.82, 2.24) is 14.8 Å². The molecule has 0 aliphatic rings. The molecule has 7 heteroatoms. The number of carbonyl (C=O) groups excluding carboxylic acids is 1. The first-order valence-corrected chi connectivity index (χ1v) is 9.23. The second-order valence-corrected chi connectivity index (χ2v) is 6.96. The van der Waals surface area contributed by atoms with E-state index in [1.807, 2.05) is 25.3 Å². The van der Waals surface area contributed by atoms with Crippen LogP contribution in [0.4, 0.5) is 5.69 Å². The lowest BCUT2D eigenvalue weighted by atomic mass is 10.2. The zero-order valence-electron chi connectivity index (χ0n) is 14.2. The van der Waals surface area contributed by atoms with Crippen molar-refractivity contribution in [2.24, 2.45) is 5.92 Å². The van der Waals surface area contributed by atoms with Crippen molar-refractivity contribution in [3.05, 3.63) is 40.8 Å². The van der Waals surface area contributed by atoms with Crippen LogP contribution in [0.2, 0.25) is 5.15 Å². The number of nitrogens with one attached hydrogen (secondary N) is 1.